The van der Waals surface area contributed by atoms with Crippen molar-refractivity contribution in [1.29, 1.82) is 0 Å². The second kappa shape index (κ2) is 3.25. The molecule has 4 nitrogen and oxygen atoms in total. The fourth-order valence-corrected chi connectivity index (χ4v) is 2.16. The highest BCUT2D eigenvalue weighted by Gasteiger charge is 2.29. The van der Waals surface area contributed by atoms with Crippen molar-refractivity contribution in [2.45, 2.75) is 0 Å². The number of carbonyl (C=O) groups is 3. The number of fused-ring (bicyclic) bond motifs is 3. The summed E-state index contributed by atoms with van der Waals surface area (Å²) in [6.45, 7) is 0. The molecular weight excluding hydrogens is 218 g/mol. The van der Waals surface area contributed by atoms with Crippen molar-refractivity contribution in [3.63, 3.8) is 0 Å². The summed E-state index contributed by atoms with van der Waals surface area (Å²) in [6.07, 6.45) is 0.693. The van der Waals surface area contributed by atoms with Gasteiger partial charge in [-0.05, 0) is 16.8 Å². The molecule has 17 heavy (non-hydrogen) atoms. The van der Waals surface area contributed by atoms with Crippen LogP contribution in [0.2, 0.25) is 0 Å². The predicted octanol–water partition coefficient (Wildman–Crippen LogP) is 1.54. The summed E-state index contributed by atoms with van der Waals surface area (Å²) in [6, 6.07) is 8.52. The molecule has 0 fully saturated rings. The monoisotopic (exact) mass is 225 g/mol. The van der Waals surface area contributed by atoms with E-state index in [0.717, 1.165) is 0 Å². The second-order valence-electron chi connectivity index (χ2n) is 3.84. The molecule has 0 saturated carbocycles. The summed E-state index contributed by atoms with van der Waals surface area (Å²) in [5.41, 5.74) is 1.05. The van der Waals surface area contributed by atoms with Gasteiger partial charge in [-0.3, -0.25) is 19.7 Å². The number of aldehydes is 1. The molecule has 3 rings (SSSR count). The number of carbonyl (C=O) groups excluding carboxylic acids is 3. The third kappa shape index (κ3) is 1.21. The van der Waals surface area contributed by atoms with E-state index in [-0.39, 0.29) is 5.56 Å². The van der Waals surface area contributed by atoms with Gasteiger partial charge >= 0.3 is 0 Å². The molecule has 4 heteroatoms. The first kappa shape index (κ1) is 9.72. The third-order valence-electron chi connectivity index (χ3n) is 2.90. The summed E-state index contributed by atoms with van der Waals surface area (Å²) >= 11 is 0. The quantitative estimate of drug-likeness (QED) is 0.591. The van der Waals surface area contributed by atoms with Gasteiger partial charge in [0.1, 0.15) is 0 Å². The Balaban J connectivity index is 2.53. The van der Waals surface area contributed by atoms with Crippen molar-refractivity contribution >= 4 is 28.9 Å². The fraction of sp³-hybridized carbons (Fsp3) is 0. The van der Waals surface area contributed by atoms with E-state index in [9.17, 15) is 14.4 Å². The molecule has 0 spiro atoms. The van der Waals surface area contributed by atoms with E-state index in [1.54, 1.807) is 24.3 Å². The zero-order valence-corrected chi connectivity index (χ0v) is 8.69. The molecular formula is C13H7NO3. The van der Waals surface area contributed by atoms with Gasteiger partial charge in [-0.15, -0.1) is 0 Å². The van der Waals surface area contributed by atoms with Gasteiger partial charge in [-0.25, -0.2) is 0 Å². The van der Waals surface area contributed by atoms with E-state index in [1.165, 1.54) is 6.07 Å². The number of benzene rings is 2. The Morgan fingerprint density at radius 1 is 1.00 bits per heavy atom. The topological polar surface area (TPSA) is 63.2 Å². The first-order chi connectivity index (χ1) is 8.22. The zero-order valence-electron chi connectivity index (χ0n) is 8.69. The van der Waals surface area contributed by atoms with Gasteiger partial charge in [0.15, 0.2) is 6.29 Å². The van der Waals surface area contributed by atoms with E-state index in [4.69, 9.17) is 0 Å². The first-order valence-electron chi connectivity index (χ1n) is 5.09. The van der Waals surface area contributed by atoms with E-state index in [1.807, 2.05) is 0 Å². The van der Waals surface area contributed by atoms with Crippen LogP contribution in [0.3, 0.4) is 0 Å². The summed E-state index contributed by atoms with van der Waals surface area (Å²) in [4.78, 5) is 34.2. The minimum absolute atomic E-state index is 0.274. The van der Waals surface area contributed by atoms with E-state index in [2.05, 4.69) is 5.32 Å². The Morgan fingerprint density at radius 2 is 1.71 bits per heavy atom. The van der Waals surface area contributed by atoms with Crippen molar-refractivity contribution in [2.75, 3.05) is 0 Å². The highest BCUT2D eigenvalue weighted by molar-refractivity contribution is 6.27. The number of hydrogen-bond donors (Lipinski definition) is 1. The van der Waals surface area contributed by atoms with Crippen LogP contribution in [-0.2, 0) is 0 Å². The number of imide groups is 1. The second-order valence-corrected chi connectivity index (χ2v) is 3.84. The third-order valence-corrected chi connectivity index (χ3v) is 2.90. The summed E-state index contributed by atoms with van der Waals surface area (Å²) in [5, 5.41) is 3.55. The van der Waals surface area contributed by atoms with Crippen LogP contribution in [0.15, 0.2) is 30.3 Å². The van der Waals surface area contributed by atoms with Gasteiger partial charge in [-0.2, -0.15) is 0 Å². The Hall–Kier alpha value is -2.49. The molecule has 2 aromatic rings. The lowest BCUT2D eigenvalue weighted by molar-refractivity contribution is 0.0880. The maximum Gasteiger partial charge on any atom is 0.259 e. The largest absolute Gasteiger partial charge is 0.298 e. The molecule has 82 valence electrons. The van der Waals surface area contributed by atoms with E-state index in [0.29, 0.717) is 28.2 Å². The SMILES string of the molecule is O=Cc1cc2c(c3ccccc13)C(=O)NC2=O. The summed E-state index contributed by atoms with van der Waals surface area (Å²) in [5.74, 6) is -0.850. The highest BCUT2D eigenvalue weighted by atomic mass is 16.2. The number of nitrogens with one attached hydrogen (secondary N) is 1. The summed E-state index contributed by atoms with van der Waals surface area (Å²) < 4.78 is 0. The Bertz CT molecular complexity index is 688. The number of hydrogen-bond acceptors (Lipinski definition) is 3. The van der Waals surface area contributed by atoms with Crippen molar-refractivity contribution < 1.29 is 14.4 Å². The molecule has 0 atom stereocenters. The fourth-order valence-electron chi connectivity index (χ4n) is 2.16. The maximum atomic E-state index is 11.7. The summed E-state index contributed by atoms with van der Waals surface area (Å²) in [7, 11) is 0. The molecule has 1 aliphatic rings. The van der Waals surface area contributed by atoms with Crippen LogP contribution >= 0.6 is 0 Å². The Kier molecular flexibility index (Phi) is 1.86. The average molecular weight is 225 g/mol. The molecule has 0 radical (unpaired) electrons. The standard InChI is InChI=1S/C13H7NO3/c15-6-7-5-10-11(13(17)14-12(10)16)9-4-2-1-3-8(7)9/h1-6H,(H,14,16,17). The average Bonchev–Trinajstić information content (AvgIpc) is 2.64. The van der Waals surface area contributed by atoms with Crippen LogP contribution < -0.4 is 5.32 Å². The van der Waals surface area contributed by atoms with Crippen molar-refractivity contribution in [3.05, 3.63) is 47.0 Å². The van der Waals surface area contributed by atoms with Crippen molar-refractivity contribution in [1.82, 2.24) is 5.32 Å². The van der Waals surface area contributed by atoms with Gasteiger partial charge in [0.2, 0.25) is 0 Å². The van der Waals surface area contributed by atoms with Gasteiger partial charge < -0.3 is 0 Å². The first-order valence-corrected chi connectivity index (χ1v) is 5.09. The molecule has 2 amide bonds. The van der Waals surface area contributed by atoms with E-state index < -0.39 is 11.8 Å². The molecule has 1 heterocycles. The van der Waals surface area contributed by atoms with Gasteiger partial charge in [0.05, 0.1) is 11.1 Å². The van der Waals surface area contributed by atoms with Gasteiger partial charge in [0, 0.05) is 5.56 Å². The van der Waals surface area contributed by atoms with Gasteiger partial charge in [0.25, 0.3) is 11.8 Å². The van der Waals surface area contributed by atoms with Crippen molar-refractivity contribution in [3.8, 4) is 0 Å². The molecule has 1 N–H and O–H groups in total. The van der Waals surface area contributed by atoms with Crippen molar-refractivity contribution in [2.24, 2.45) is 0 Å². The number of amides is 2. The van der Waals surface area contributed by atoms with Crippen LogP contribution in [0, 0.1) is 0 Å². The molecule has 2 aromatic carbocycles. The van der Waals surface area contributed by atoms with Crippen LogP contribution in [0.4, 0.5) is 0 Å². The minimum atomic E-state index is -0.446. The molecule has 0 bridgehead atoms. The van der Waals surface area contributed by atoms with Crippen LogP contribution in [0.25, 0.3) is 10.8 Å². The molecule has 1 aliphatic heterocycles. The number of rotatable bonds is 1. The highest BCUT2D eigenvalue weighted by Crippen LogP contribution is 2.28. The maximum absolute atomic E-state index is 11.7. The van der Waals surface area contributed by atoms with Crippen LogP contribution in [-0.4, -0.2) is 18.1 Å². The minimum Gasteiger partial charge on any atom is -0.298 e. The molecule has 0 aliphatic carbocycles. The molecule has 0 unspecified atom stereocenters. The van der Waals surface area contributed by atoms with E-state index >= 15 is 0 Å². The lowest BCUT2D eigenvalue weighted by atomic mass is 9.96. The lowest BCUT2D eigenvalue weighted by Gasteiger charge is -2.04. The predicted molar refractivity (Wildman–Crippen MR) is 61.1 cm³/mol. The molecule has 0 saturated heterocycles. The van der Waals surface area contributed by atoms with Crippen LogP contribution in [0.1, 0.15) is 31.1 Å². The molecule has 0 aromatic heterocycles. The smallest absolute Gasteiger partial charge is 0.259 e. The van der Waals surface area contributed by atoms with Crippen LogP contribution in [0.5, 0.6) is 0 Å². The Labute approximate surface area is 96.2 Å². The lowest BCUT2D eigenvalue weighted by Crippen LogP contribution is -2.19. The Morgan fingerprint density at radius 3 is 2.41 bits per heavy atom. The normalized spacial score (nSPS) is 13.6. The van der Waals surface area contributed by atoms with Gasteiger partial charge in [-0.1, -0.05) is 24.3 Å². The zero-order chi connectivity index (χ0) is 12.0.